The van der Waals surface area contributed by atoms with E-state index in [1.807, 2.05) is 0 Å². The minimum Gasteiger partial charge on any atom is -0.476 e. The highest BCUT2D eigenvalue weighted by Crippen LogP contribution is 2.13. The molecule has 0 aliphatic rings. The summed E-state index contributed by atoms with van der Waals surface area (Å²) >= 11 is 0. The molecule has 12 heavy (non-hydrogen) atoms. The number of hydrogen-bond acceptors (Lipinski definition) is 4. The van der Waals surface area contributed by atoms with Crippen LogP contribution in [0.2, 0.25) is 0 Å². The van der Waals surface area contributed by atoms with E-state index in [2.05, 4.69) is 4.98 Å². The summed E-state index contributed by atoms with van der Waals surface area (Å²) in [7, 11) is 0. The quantitative estimate of drug-likeness (QED) is 0.517. The monoisotopic (exact) mass is 168 g/mol. The van der Waals surface area contributed by atoms with Crippen LogP contribution in [0, 0.1) is 10.1 Å². The van der Waals surface area contributed by atoms with Crippen LogP contribution in [0.3, 0.4) is 0 Å². The van der Waals surface area contributed by atoms with Gasteiger partial charge in [0, 0.05) is 12.3 Å². The molecule has 0 saturated carbocycles. The van der Waals surface area contributed by atoms with Crippen LogP contribution in [0.25, 0.3) is 0 Å². The number of pyridine rings is 1. The fraction of sp³-hybridized carbons (Fsp3) is 0. The Labute approximate surface area is 66.6 Å². The maximum Gasteiger partial charge on any atom is 0.361 e. The van der Waals surface area contributed by atoms with E-state index in [1.165, 1.54) is 12.3 Å². The third kappa shape index (κ3) is 1.36. The predicted octanol–water partition coefficient (Wildman–Crippen LogP) is 0.688. The minimum absolute atomic E-state index is 0.495. The Bertz CT molecular complexity index is 303. The van der Waals surface area contributed by atoms with E-state index >= 15 is 0 Å². The first-order valence-corrected chi connectivity index (χ1v) is 2.95. The van der Waals surface area contributed by atoms with Crippen LogP contribution in [0.5, 0.6) is 0 Å². The summed E-state index contributed by atoms with van der Waals surface area (Å²) < 4.78 is 0. The van der Waals surface area contributed by atoms with Gasteiger partial charge in [-0.3, -0.25) is 10.1 Å². The second-order valence-corrected chi connectivity index (χ2v) is 1.93. The van der Waals surface area contributed by atoms with Gasteiger partial charge in [0.15, 0.2) is 0 Å². The number of nitrogens with zero attached hydrogens (tertiary/aromatic N) is 2. The molecule has 1 aromatic heterocycles. The molecule has 0 aliphatic carbocycles. The molecule has 0 atom stereocenters. The van der Waals surface area contributed by atoms with Gasteiger partial charge < -0.3 is 5.11 Å². The van der Waals surface area contributed by atoms with Crippen molar-refractivity contribution in [2.24, 2.45) is 0 Å². The molecule has 0 spiro atoms. The summed E-state index contributed by atoms with van der Waals surface area (Å²) in [4.78, 5) is 23.2. The zero-order valence-corrected chi connectivity index (χ0v) is 5.80. The normalized spacial score (nSPS) is 9.33. The van der Waals surface area contributed by atoms with Gasteiger partial charge in [-0.25, -0.2) is 9.78 Å². The van der Waals surface area contributed by atoms with Crippen LogP contribution in [-0.2, 0) is 0 Å². The summed E-state index contributed by atoms with van der Waals surface area (Å²) in [6.45, 7) is 0. The topological polar surface area (TPSA) is 93.3 Å². The van der Waals surface area contributed by atoms with Crippen molar-refractivity contribution in [1.82, 2.24) is 4.98 Å². The van der Waals surface area contributed by atoms with Crippen molar-refractivity contribution >= 4 is 11.7 Å². The van der Waals surface area contributed by atoms with Crippen LogP contribution >= 0.6 is 0 Å². The molecule has 0 radical (unpaired) electrons. The second kappa shape index (κ2) is 2.95. The molecule has 62 valence electrons. The third-order valence-electron chi connectivity index (χ3n) is 1.19. The summed E-state index contributed by atoms with van der Waals surface area (Å²) in [6, 6.07) is 2.40. The molecule has 6 nitrogen and oxygen atoms in total. The lowest BCUT2D eigenvalue weighted by Crippen LogP contribution is -2.04. The number of hydrogen-bond donors (Lipinski definition) is 1. The number of aromatic carboxylic acids is 1. The van der Waals surface area contributed by atoms with Gasteiger partial charge >= 0.3 is 11.7 Å². The Morgan fingerprint density at radius 1 is 1.67 bits per heavy atom. The van der Waals surface area contributed by atoms with Crippen molar-refractivity contribution in [3.05, 3.63) is 34.1 Å². The van der Waals surface area contributed by atoms with E-state index in [0.29, 0.717) is 0 Å². The molecule has 1 rings (SSSR count). The van der Waals surface area contributed by atoms with Gasteiger partial charge in [-0.2, -0.15) is 0 Å². The molecular weight excluding hydrogens is 164 g/mol. The number of rotatable bonds is 2. The lowest BCUT2D eigenvalue weighted by Gasteiger charge is -1.93. The lowest BCUT2D eigenvalue weighted by molar-refractivity contribution is -0.385. The molecule has 6 heteroatoms. The first kappa shape index (κ1) is 8.12. The number of carboxylic acids is 1. The fourth-order valence-electron chi connectivity index (χ4n) is 0.709. The van der Waals surface area contributed by atoms with Crippen molar-refractivity contribution in [1.29, 1.82) is 0 Å². The number of nitro groups is 1. The number of aromatic nitrogens is 1. The minimum atomic E-state index is -1.40. The van der Waals surface area contributed by atoms with Crippen molar-refractivity contribution in [2.45, 2.75) is 0 Å². The molecule has 0 aromatic carbocycles. The van der Waals surface area contributed by atoms with Gasteiger partial charge in [-0.05, 0) is 6.07 Å². The molecule has 1 heterocycles. The molecule has 0 amide bonds. The van der Waals surface area contributed by atoms with Crippen LogP contribution in [0.15, 0.2) is 18.3 Å². The maximum absolute atomic E-state index is 10.4. The van der Waals surface area contributed by atoms with Crippen molar-refractivity contribution in [3.63, 3.8) is 0 Å². The van der Waals surface area contributed by atoms with Crippen molar-refractivity contribution in [3.8, 4) is 0 Å². The first-order valence-electron chi connectivity index (χ1n) is 2.95. The van der Waals surface area contributed by atoms with Crippen LogP contribution in [-0.4, -0.2) is 21.0 Å². The van der Waals surface area contributed by atoms with Crippen LogP contribution in [0.4, 0.5) is 5.69 Å². The third-order valence-corrected chi connectivity index (χ3v) is 1.19. The van der Waals surface area contributed by atoms with Crippen LogP contribution in [0.1, 0.15) is 10.5 Å². The van der Waals surface area contributed by atoms with Gasteiger partial charge in [0.05, 0.1) is 4.92 Å². The van der Waals surface area contributed by atoms with Crippen LogP contribution < -0.4 is 0 Å². The molecular formula is C6H4N2O4. The van der Waals surface area contributed by atoms with Gasteiger partial charge in [0.2, 0.25) is 5.69 Å². The maximum atomic E-state index is 10.4. The smallest absolute Gasteiger partial charge is 0.361 e. The lowest BCUT2D eigenvalue weighted by atomic mass is 10.3. The van der Waals surface area contributed by atoms with E-state index < -0.39 is 22.3 Å². The van der Waals surface area contributed by atoms with Gasteiger partial charge in [-0.15, -0.1) is 0 Å². The Morgan fingerprint density at radius 3 is 2.75 bits per heavy atom. The van der Waals surface area contributed by atoms with E-state index in [9.17, 15) is 14.9 Å². The van der Waals surface area contributed by atoms with Gasteiger partial charge in [0.25, 0.3) is 0 Å². The SMILES string of the molecule is O=C(O)c1ncccc1[N+](=O)[O-]. The molecule has 1 aromatic rings. The summed E-state index contributed by atoms with van der Waals surface area (Å²) in [5.41, 5.74) is -1.03. The van der Waals surface area contributed by atoms with E-state index in [4.69, 9.17) is 5.11 Å². The predicted molar refractivity (Wildman–Crippen MR) is 37.9 cm³/mol. The standard InChI is InChI=1S/C6H4N2O4/c9-6(10)5-4(8(11)12)2-1-3-7-5/h1-3H,(H,9,10). The summed E-state index contributed by atoms with van der Waals surface area (Å²) in [5.74, 6) is -1.40. The average Bonchev–Trinajstić information content (AvgIpc) is 2.04. The molecule has 0 aliphatic heterocycles. The van der Waals surface area contributed by atoms with E-state index in [-0.39, 0.29) is 0 Å². The molecule has 0 saturated heterocycles. The van der Waals surface area contributed by atoms with Crippen molar-refractivity contribution in [2.75, 3.05) is 0 Å². The fourth-order valence-corrected chi connectivity index (χ4v) is 0.709. The summed E-state index contributed by atoms with van der Waals surface area (Å²) in [6.07, 6.45) is 1.19. The van der Waals surface area contributed by atoms with E-state index in [0.717, 1.165) is 6.07 Å². The number of carboxylic acid groups (broad SMARTS) is 1. The second-order valence-electron chi connectivity index (χ2n) is 1.93. The highest BCUT2D eigenvalue weighted by atomic mass is 16.6. The van der Waals surface area contributed by atoms with Gasteiger partial charge in [-0.1, -0.05) is 0 Å². The highest BCUT2D eigenvalue weighted by Gasteiger charge is 2.19. The molecule has 0 fully saturated rings. The zero-order chi connectivity index (χ0) is 9.14. The first-order chi connectivity index (χ1) is 5.63. The average molecular weight is 168 g/mol. The highest BCUT2D eigenvalue weighted by molar-refractivity contribution is 5.89. The molecule has 0 unspecified atom stereocenters. The summed E-state index contributed by atoms with van der Waals surface area (Å²) in [5, 5.41) is 18.7. The van der Waals surface area contributed by atoms with Crippen molar-refractivity contribution < 1.29 is 14.8 Å². The largest absolute Gasteiger partial charge is 0.476 e. The number of carbonyl (C=O) groups is 1. The Hall–Kier alpha value is -1.98. The molecule has 1 N–H and O–H groups in total. The Balaban J connectivity index is 3.27. The van der Waals surface area contributed by atoms with E-state index in [1.54, 1.807) is 0 Å². The zero-order valence-electron chi connectivity index (χ0n) is 5.80. The Kier molecular flexibility index (Phi) is 2.00. The van der Waals surface area contributed by atoms with Gasteiger partial charge in [0.1, 0.15) is 0 Å². The molecule has 0 bridgehead atoms. The Morgan fingerprint density at radius 2 is 2.33 bits per heavy atom.